The van der Waals surface area contributed by atoms with Gasteiger partial charge in [-0.1, -0.05) is 17.7 Å². The second-order valence-electron chi connectivity index (χ2n) is 6.28. The predicted molar refractivity (Wildman–Crippen MR) is 88.1 cm³/mol. The van der Waals surface area contributed by atoms with Crippen molar-refractivity contribution < 1.29 is 4.42 Å². The molecular weight excluding hydrogens is 304 g/mol. The smallest absolute Gasteiger partial charge is 0.247 e. The predicted octanol–water partition coefficient (Wildman–Crippen LogP) is 2.52. The molecule has 1 aromatic carbocycles. The van der Waals surface area contributed by atoms with Crippen molar-refractivity contribution in [2.45, 2.75) is 39.9 Å². The number of nitrogens with zero attached hydrogens (tertiary/aromatic N) is 6. The van der Waals surface area contributed by atoms with Gasteiger partial charge in [0.1, 0.15) is 11.6 Å². The fourth-order valence-electron chi connectivity index (χ4n) is 3.11. The van der Waals surface area contributed by atoms with Crippen LogP contribution in [-0.2, 0) is 13.1 Å². The van der Waals surface area contributed by atoms with Crippen LogP contribution >= 0.6 is 0 Å². The first-order valence-electron chi connectivity index (χ1n) is 8.15. The summed E-state index contributed by atoms with van der Waals surface area (Å²) in [6, 6.07) is 8.13. The molecule has 3 heterocycles. The van der Waals surface area contributed by atoms with Crippen molar-refractivity contribution in [2.75, 3.05) is 6.54 Å². The lowest BCUT2D eigenvalue weighted by molar-refractivity contribution is 0.142. The monoisotopic (exact) mass is 324 g/mol. The van der Waals surface area contributed by atoms with E-state index in [1.54, 1.807) is 0 Å². The minimum atomic E-state index is 0.0433. The van der Waals surface area contributed by atoms with Crippen LogP contribution in [0.4, 0.5) is 0 Å². The molecule has 4 rings (SSSR count). The lowest BCUT2D eigenvalue weighted by Gasteiger charge is -2.30. The van der Waals surface area contributed by atoms with Gasteiger partial charge in [-0.15, -0.1) is 20.4 Å². The zero-order chi connectivity index (χ0) is 16.7. The molecule has 0 aliphatic carbocycles. The van der Waals surface area contributed by atoms with E-state index >= 15 is 0 Å². The molecule has 7 heteroatoms. The van der Waals surface area contributed by atoms with Crippen LogP contribution in [0.3, 0.4) is 0 Å². The lowest BCUT2D eigenvalue weighted by Crippen LogP contribution is -2.36. The van der Waals surface area contributed by atoms with Crippen LogP contribution in [0.2, 0.25) is 0 Å². The van der Waals surface area contributed by atoms with E-state index < -0.39 is 0 Å². The summed E-state index contributed by atoms with van der Waals surface area (Å²) in [5.74, 6) is 3.16. The lowest BCUT2D eigenvalue weighted by atomic mass is 10.1. The molecule has 0 saturated carbocycles. The summed E-state index contributed by atoms with van der Waals surface area (Å²) >= 11 is 0. The number of hydrogen-bond acceptors (Lipinski definition) is 6. The summed E-state index contributed by atoms with van der Waals surface area (Å²) in [5.41, 5.74) is 2.13. The van der Waals surface area contributed by atoms with Gasteiger partial charge in [0.2, 0.25) is 11.8 Å². The van der Waals surface area contributed by atoms with E-state index in [0.29, 0.717) is 11.8 Å². The first kappa shape index (κ1) is 15.0. The van der Waals surface area contributed by atoms with Crippen molar-refractivity contribution in [1.29, 1.82) is 0 Å². The third-order valence-electron chi connectivity index (χ3n) is 4.58. The van der Waals surface area contributed by atoms with Crippen LogP contribution in [0.25, 0.3) is 11.5 Å². The standard InChI is InChI=1S/C17H20N6O/c1-11-5-4-6-14(9-11)17-21-20-16(24-17)12(2)22-7-8-23-13(3)18-19-15(23)10-22/h4-6,9,12H,7-8,10H2,1-3H3. The van der Waals surface area contributed by atoms with Crippen molar-refractivity contribution in [3.8, 4) is 11.5 Å². The Labute approximate surface area is 140 Å². The highest BCUT2D eigenvalue weighted by molar-refractivity contribution is 5.53. The highest BCUT2D eigenvalue weighted by Crippen LogP contribution is 2.27. The molecule has 0 radical (unpaired) electrons. The van der Waals surface area contributed by atoms with Crippen LogP contribution < -0.4 is 0 Å². The van der Waals surface area contributed by atoms with Gasteiger partial charge >= 0.3 is 0 Å². The van der Waals surface area contributed by atoms with Gasteiger partial charge in [0.05, 0.1) is 12.6 Å². The fraction of sp³-hybridized carbons (Fsp3) is 0.412. The van der Waals surface area contributed by atoms with Crippen molar-refractivity contribution in [3.63, 3.8) is 0 Å². The zero-order valence-electron chi connectivity index (χ0n) is 14.1. The summed E-state index contributed by atoms with van der Waals surface area (Å²) in [7, 11) is 0. The van der Waals surface area contributed by atoms with Crippen LogP contribution in [0, 0.1) is 13.8 Å². The molecule has 7 nitrogen and oxygen atoms in total. The largest absolute Gasteiger partial charge is 0.419 e. The van der Waals surface area contributed by atoms with Crippen LogP contribution in [0.1, 0.15) is 36.1 Å². The van der Waals surface area contributed by atoms with Gasteiger partial charge in [0, 0.05) is 18.7 Å². The van der Waals surface area contributed by atoms with Crippen LogP contribution in [0.15, 0.2) is 28.7 Å². The molecule has 0 fully saturated rings. The summed E-state index contributed by atoms with van der Waals surface area (Å²) in [6.45, 7) is 8.67. The molecule has 124 valence electrons. The molecule has 3 aromatic rings. The number of aryl methyl sites for hydroxylation is 2. The van der Waals surface area contributed by atoms with E-state index in [1.807, 2.05) is 25.1 Å². The average molecular weight is 324 g/mol. The zero-order valence-corrected chi connectivity index (χ0v) is 14.1. The van der Waals surface area contributed by atoms with E-state index in [1.165, 1.54) is 5.56 Å². The highest BCUT2D eigenvalue weighted by Gasteiger charge is 2.27. The first-order valence-corrected chi connectivity index (χ1v) is 8.15. The quantitative estimate of drug-likeness (QED) is 0.737. The second-order valence-corrected chi connectivity index (χ2v) is 6.28. The van der Waals surface area contributed by atoms with E-state index in [2.05, 4.69) is 49.8 Å². The Morgan fingerprint density at radius 3 is 2.79 bits per heavy atom. The molecule has 0 bridgehead atoms. The molecule has 0 saturated heterocycles. The normalized spacial score (nSPS) is 16.1. The third kappa shape index (κ3) is 2.60. The minimum absolute atomic E-state index is 0.0433. The molecule has 0 N–H and O–H groups in total. The van der Waals surface area contributed by atoms with Gasteiger partial charge in [-0.05, 0) is 32.9 Å². The van der Waals surface area contributed by atoms with Gasteiger partial charge in [-0.3, -0.25) is 4.90 Å². The minimum Gasteiger partial charge on any atom is -0.419 e. The van der Waals surface area contributed by atoms with Gasteiger partial charge in [-0.2, -0.15) is 0 Å². The third-order valence-corrected chi connectivity index (χ3v) is 4.58. The van der Waals surface area contributed by atoms with Gasteiger partial charge in [0.25, 0.3) is 0 Å². The Morgan fingerprint density at radius 2 is 1.96 bits per heavy atom. The number of aromatic nitrogens is 5. The fourth-order valence-corrected chi connectivity index (χ4v) is 3.11. The first-order chi connectivity index (χ1) is 11.6. The number of benzene rings is 1. The summed E-state index contributed by atoms with van der Waals surface area (Å²) in [6.07, 6.45) is 0. The molecule has 1 atom stereocenters. The topological polar surface area (TPSA) is 72.9 Å². The number of hydrogen-bond donors (Lipinski definition) is 0. The average Bonchev–Trinajstić information content (AvgIpc) is 3.21. The van der Waals surface area contributed by atoms with Gasteiger partial charge < -0.3 is 8.98 Å². The molecule has 1 unspecified atom stereocenters. The highest BCUT2D eigenvalue weighted by atomic mass is 16.4. The molecule has 0 amide bonds. The Balaban J connectivity index is 1.54. The van der Waals surface area contributed by atoms with Crippen molar-refractivity contribution in [1.82, 2.24) is 29.9 Å². The summed E-state index contributed by atoms with van der Waals surface area (Å²) < 4.78 is 8.09. The van der Waals surface area contributed by atoms with E-state index in [0.717, 1.165) is 36.8 Å². The molecule has 0 spiro atoms. The summed E-state index contributed by atoms with van der Waals surface area (Å²) in [5, 5.41) is 16.9. The maximum atomic E-state index is 5.93. The Kier molecular flexibility index (Phi) is 3.65. The summed E-state index contributed by atoms with van der Waals surface area (Å²) in [4.78, 5) is 2.29. The molecule has 24 heavy (non-hydrogen) atoms. The Bertz CT molecular complexity index is 868. The maximum Gasteiger partial charge on any atom is 0.247 e. The Morgan fingerprint density at radius 1 is 1.08 bits per heavy atom. The number of fused-ring (bicyclic) bond motifs is 1. The van der Waals surface area contributed by atoms with E-state index in [-0.39, 0.29) is 6.04 Å². The van der Waals surface area contributed by atoms with Crippen LogP contribution in [-0.4, -0.2) is 36.4 Å². The van der Waals surface area contributed by atoms with E-state index in [4.69, 9.17) is 4.42 Å². The van der Waals surface area contributed by atoms with Crippen molar-refractivity contribution in [2.24, 2.45) is 0 Å². The second kappa shape index (κ2) is 5.83. The molecule has 2 aromatic heterocycles. The molecular formula is C17H20N6O. The number of rotatable bonds is 3. The maximum absolute atomic E-state index is 5.93. The van der Waals surface area contributed by atoms with E-state index in [9.17, 15) is 0 Å². The van der Waals surface area contributed by atoms with Gasteiger partial charge in [0.15, 0.2) is 0 Å². The van der Waals surface area contributed by atoms with Gasteiger partial charge in [-0.25, -0.2) is 0 Å². The van der Waals surface area contributed by atoms with Crippen LogP contribution in [0.5, 0.6) is 0 Å². The molecule has 1 aliphatic rings. The Hall–Kier alpha value is -2.54. The molecule has 1 aliphatic heterocycles. The SMILES string of the molecule is Cc1cccc(-c2nnc(C(C)N3CCn4c(C)nnc4C3)o2)c1. The van der Waals surface area contributed by atoms with Crippen molar-refractivity contribution in [3.05, 3.63) is 47.4 Å². The van der Waals surface area contributed by atoms with Crippen molar-refractivity contribution >= 4 is 0 Å².